The smallest absolute Gasteiger partial charge is 0.241 e. The van der Waals surface area contributed by atoms with Crippen LogP contribution in [0, 0.1) is 0 Å². The maximum Gasteiger partial charge on any atom is 0.241 e. The highest BCUT2D eigenvalue weighted by atomic mass is 15.3. The van der Waals surface area contributed by atoms with Crippen molar-refractivity contribution in [1.29, 1.82) is 0 Å². The Morgan fingerprint density at radius 1 is 1.20 bits per heavy atom. The van der Waals surface area contributed by atoms with Crippen LogP contribution in [-0.2, 0) is 0 Å². The van der Waals surface area contributed by atoms with Crippen molar-refractivity contribution in [2.75, 3.05) is 44.9 Å². The molecule has 2 rings (SSSR count). The number of nitrogens with one attached hydrogen (secondary N) is 2. The van der Waals surface area contributed by atoms with Crippen molar-refractivity contribution < 1.29 is 0 Å². The van der Waals surface area contributed by atoms with Crippen molar-refractivity contribution in [2.45, 2.75) is 6.42 Å². The van der Waals surface area contributed by atoms with Crippen LogP contribution in [-0.4, -0.2) is 63.6 Å². The Kier molecular flexibility index (Phi) is 4.83. The summed E-state index contributed by atoms with van der Waals surface area (Å²) in [5, 5.41) is 6.15. The molecule has 2 aromatic heterocycles. The lowest BCUT2D eigenvalue weighted by Gasteiger charge is -2.11. The quantitative estimate of drug-likeness (QED) is 0.711. The first-order valence-corrected chi connectivity index (χ1v) is 6.50. The van der Waals surface area contributed by atoms with Crippen LogP contribution in [0.15, 0.2) is 18.7 Å². The molecule has 0 radical (unpaired) electrons. The monoisotopic (exact) mass is 276 g/mol. The van der Waals surface area contributed by atoms with Gasteiger partial charge in [0.1, 0.15) is 6.33 Å². The van der Waals surface area contributed by atoms with E-state index in [2.05, 4.69) is 49.6 Å². The second-order valence-electron chi connectivity index (χ2n) is 4.59. The minimum absolute atomic E-state index is 0.527. The van der Waals surface area contributed by atoms with Crippen LogP contribution in [0.5, 0.6) is 0 Å². The van der Waals surface area contributed by atoms with Crippen LogP contribution in [0.3, 0.4) is 0 Å². The van der Waals surface area contributed by atoms with E-state index in [4.69, 9.17) is 0 Å². The third-order valence-corrected chi connectivity index (χ3v) is 2.65. The fourth-order valence-electron chi connectivity index (χ4n) is 1.64. The second kappa shape index (κ2) is 6.80. The van der Waals surface area contributed by atoms with Crippen LogP contribution < -0.4 is 10.6 Å². The topological polar surface area (TPSA) is 83.8 Å². The van der Waals surface area contributed by atoms with Crippen molar-refractivity contribution in [2.24, 2.45) is 0 Å². The van der Waals surface area contributed by atoms with E-state index < -0.39 is 0 Å². The zero-order valence-corrected chi connectivity index (χ0v) is 12.0. The van der Waals surface area contributed by atoms with Gasteiger partial charge in [0.05, 0.1) is 0 Å². The molecule has 0 aliphatic carbocycles. The summed E-state index contributed by atoms with van der Waals surface area (Å²) in [6.07, 6.45) is 6.16. The highest BCUT2D eigenvalue weighted by Gasteiger charge is 2.06. The molecule has 2 N–H and O–H groups in total. The molecule has 20 heavy (non-hydrogen) atoms. The number of hydrogen-bond acceptors (Lipinski definition) is 7. The fourth-order valence-corrected chi connectivity index (χ4v) is 1.64. The van der Waals surface area contributed by atoms with Gasteiger partial charge in [0, 0.05) is 26.0 Å². The third kappa shape index (κ3) is 3.89. The van der Waals surface area contributed by atoms with Crippen LogP contribution in [0.1, 0.15) is 6.42 Å². The van der Waals surface area contributed by atoms with E-state index in [0.717, 1.165) is 19.5 Å². The second-order valence-corrected chi connectivity index (χ2v) is 4.59. The molecule has 0 aliphatic rings. The molecule has 0 bridgehead atoms. The Balaban J connectivity index is 2.06. The molecular weight excluding hydrogens is 256 g/mol. The van der Waals surface area contributed by atoms with E-state index in [1.807, 2.05) is 0 Å². The summed E-state index contributed by atoms with van der Waals surface area (Å²) in [5.41, 5.74) is 0. The number of rotatable bonds is 7. The molecule has 8 heteroatoms. The number of hydrogen-bond donors (Lipinski definition) is 2. The lowest BCUT2D eigenvalue weighted by molar-refractivity contribution is 0.405. The summed E-state index contributed by atoms with van der Waals surface area (Å²) in [5.74, 6) is 1.63. The first kappa shape index (κ1) is 14.2. The van der Waals surface area contributed by atoms with E-state index in [1.165, 1.54) is 0 Å². The average Bonchev–Trinajstić information content (AvgIpc) is 2.97. The van der Waals surface area contributed by atoms with Crippen molar-refractivity contribution in [3.8, 4) is 5.95 Å². The Morgan fingerprint density at radius 2 is 2.00 bits per heavy atom. The molecule has 0 saturated carbocycles. The van der Waals surface area contributed by atoms with Crippen molar-refractivity contribution in [3.05, 3.63) is 18.7 Å². The predicted octanol–water partition coefficient (Wildman–Crippen LogP) is 0.463. The molecule has 0 saturated heterocycles. The maximum absolute atomic E-state index is 4.38. The Morgan fingerprint density at radius 3 is 2.65 bits per heavy atom. The summed E-state index contributed by atoms with van der Waals surface area (Å²) in [6, 6.07) is 0. The molecule has 108 valence electrons. The van der Waals surface area contributed by atoms with Crippen LogP contribution in [0.4, 0.5) is 11.9 Å². The van der Waals surface area contributed by atoms with Crippen LogP contribution in [0.2, 0.25) is 0 Å². The SMILES string of the molecule is CNc1nc(NCCCN(C)C)nc(-n2ccnc2)n1. The van der Waals surface area contributed by atoms with Crippen molar-refractivity contribution in [1.82, 2.24) is 29.4 Å². The third-order valence-electron chi connectivity index (χ3n) is 2.65. The summed E-state index contributed by atoms with van der Waals surface area (Å²) in [6.45, 7) is 1.83. The standard InChI is InChI=1S/C12H20N8/c1-13-10-16-11(15-5-4-7-19(2)3)18-12(17-10)20-8-6-14-9-20/h6,8-9H,4-5,7H2,1-3H3,(H2,13,15,16,17,18). The molecule has 8 nitrogen and oxygen atoms in total. The van der Waals surface area contributed by atoms with Gasteiger partial charge in [0.25, 0.3) is 0 Å². The van der Waals surface area contributed by atoms with E-state index in [9.17, 15) is 0 Å². The van der Waals surface area contributed by atoms with Crippen LogP contribution in [0.25, 0.3) is 5.95 Å². The van der Waals surface area contributed by atoms with E-state index in [0.29, 0.717) is 17.8 Å². The number of nitrogens with zero attached hydrogens (tertiary/aromatic N) is 6. The normalized spacial score (nSPS) is 10.8. The van der Waals surface area contributed by atoms with Gasteiger partial charge in [-0.25, -0.2) is 4.98 Å². The van der Waals surface area contributed by atoms with Gasteiger partial charge in [-0.1, -0.05) is 0 Å². The molecule has 2 heterocycles. The van der Waals surface area contributed by atoms with Gasteiger partial charge in [-0.15, -0.1) is 0 Å². The van der Waals surface area contributed by atoms with Crippen molar-refractivity contribution in [3.63, 3.8) is 0 Å². The van der Waals surface area contributed by atoms with Gasteiger partial charge in [-0.05, 0) is 27.1 Å². The maximum atomic E-state index is 4.38. The van der Waals surface area contributed by atoms with Gasteiger partial charge in [-0.2, -0.15) is 15.0 Å². The Hall–Kier alpha value is -2.22. The van der Waals surface area contributed by atoms with Crippen molar-refractivity contribution >= 4 is 11.9 Å². The minimum atomic E-state index is 0.527. The number of imidazole rings is 1. The molecule has 0 aromatic carbocycles. The van der Waals surface area contributed by atoms with Gasteiger partial charge < -0.3 is 15.5 Å². The Bertz CT molecular complexity index is 522. The molecular formula is C12H20N8. The molecule has 0 amide bonds. The van der Waals surface area contributed by atoms with E-state index in [1.54, 1.807) is 30.3 Å². The molecule has 0 fully saturated rings. The van der Waals surface area contributed by atoms with Gasteiger partial charge in [-0.3, -0.25) is 4.57 Å². The predicted molar refractivity (Wildman–Crippen MR) is 78.2 cm³/mol. The Labute approximate surface area is 118 Å². The molecule has 0 spiro atoms. The largest absolute Gasteiger partial charge is 0.357 e. The summed E-state index contributed by atoms with van der Waals surface area (Å²) < 4.78 is 1.74. The van der Waals surface area contributed by atoms with E-state index >= 15 is 0 Å². The summed E-state index contributed by atoms with van der Waals surface area (Å²) in [7, 11) is 5.89. The molecule has 0 unspecified atom stereocenters. The zero-order valence-electron chi connectivity index (χ0n) is 12.0. The van der Waals surface area contributed by atoms with Gasteiger partial charge in [0.15, 0.2) is 0 Å². The highest BCUT2D eigenvalue weighted by molar-refractivity contribution is 5.37. The first-order chi connectivity index (χ1) is 9.69. The summed E-state index contributed by atoms with van der Waals surface area (Å²) in [4.78, 5) is 19.1. The highest BCUT2D eigenvalue weighted by Crippen LogP contribution is 2.08. The average molecular weight is 276 g/mol. The summed E-state index contributed by atoms with van der Waals surface area (Å²) >= 11 is 0. The zero-order chi connectivity index (χ0) is 14.4. The lowest BCUT2D eigenvalue weighted by atomic mass is 10.4. The van der Waals surface area contributed by atoms with Gasteiger partial charge in [0.2, 0.25) is 17.8 Å². The minimum Gasteiger partial charge on any atom is -0.357 e. The molecule has 2 aromatic rings. The fraction of sp³-hybridized carbons (Fsp3) is 0.500. The lowest BCUT2D eigenvalue weighted by Crippen LogP contribution is -2.17. The molecule has 0 atom stereocenters. The van der Waals surface area contributed by atoms with E-state index in [-0.39, 0.29) is 0 Å². The number of aromatic nitrogens is 5. The first-order valence-electron chi connectivity index (χ1n) is 6.50. The number of anilines is 2. The van der Waals surface area contributed by atoms with Gasteiger partial charge >= 0.3 is 0 Å². The molecule has 0 aliphatic heterocycles. The van der Waals surface area contributed by atoms with Crippen LogP contribution >= 0.6 is 0 Å².